The predicted molar refractivity (Wildman–Crippen MR) is 95.5 cm³/mol. The van der Waals surface area contributed by atoms with E-state index in [1.807, 2.05) is 0 Å². The van der Waals surface area contributed by atoms with Gasteiger partial charge in [0.25, 0.3) is 0 Å². The Morgan fingerprint density at radius 1 is 1.12 bits per heavy atom. The molecule has 1 atom stereocenters. The third-order valence-electron chi connectivity index (χ3n) is 4.48. The SMILES string of the molecule is Cl.Cl.FC(F)(F)c1cc(Cl)cc([C@@H](CC2CC2)N2CCNCC2)c1. The fraction of sp³-hybridized carbons (Fsp3) is 0.625. The summed E-state index contributed by atoms with van der Waals surface area (Å²) in [5.41, 5.74) is 0.0551. The number of halogens is 6. The molecule has 1 N–H and O–H groups in total. The molecule has 1 heterocycles. The number of alkyl halides is 3. The largest absolute Gasteiger partial charge is 0.416 e. The molecule has 0 bridgehead atoms. The summed E-state index contributed by atoms with van der Waals surface area (Å²) in [6.07, 6.45) is -1.05. The molecule has 0 spiro atoms. The van der Waals surface area contributed by atoms with Gasteiger partial charge in [-0.2, -0.15) is 13.2 Å². The normalized spacial score (nSPS) is 20.0. The highest BCUT2D eigenvalue weighted by Crippen LogP contribution is 2.42. The van der Waals surface area contributed by atoms with Crippen molar-refractivity contribution >= 4 is 36.4 Å². The lowest BCUT2D eigenvalue weighted by molar-refractivity contribution is -0.137. The van der Waals surface area contributed by atoms with Crippen molar-refractivity contribution < 1.29 is 13.2 Å². The van der Waals surface area contributed by atoms with Gasteiger partial charge < -0.3 is 5.32 Å². The lowest BCUT2D eigenvalue weighted by atomic mass is 9.97. The van der Waals surface area contributed by atoms with Crippen LogP contribution in [0, 0.1) is 5.92 Å². The van der Waals surface area contributed by atoms with Crippen molar-refractivity contribution in [3.63, 3.8) is 0 Å². The van der Waals surface area contributed by atoms with Gasteiger partial charge in [-0.15, -0.1) is 24.8 Å². The third-order valence-corrected chi connectivity index (χ3v) is 4.70. The minimum atomic E-state index is -4.35. The molecule has 0 unspecified atom stereocenters. The van der Waals surface area contributed by atoms with Crippen LogP contribution < -0.4 is 5.32 Å². The second-order valence-electron chi connectivity index (χ2n) is 6.25. The molecule has 3 rings (SSSR count). The molecule has 1 aliphatic carbocycles. The molecule has 8 heteroatoms. The van der Waals surface area contributed by atoms with E-state index in [-0.39, 0.29) is 35.9 Å². The minimum absolute atomic E-state index is 0. The number of rotatable bonds is 4. The monoisotopic (exact) mass is 404 g/mol. The van der Waals surface area contributed by atoms with E-state index in [1.165, 1.54) is 18.9 Å². The van der Waals surface area contributed by atoms with Gasteiger partial charge in [-0.05, 0) is 36.1 Å². The molecular formula is C16H22Cl3F3N2. The maximum absolute atomic E-state index is 13.0. The molecule has 1 aliphatic heterocycles. The Labute approximate surface area is 157 Å². The molecule has 1 aromatic rings. The van der Waals surface area contributed by atoms with Crippen molar-refractivity contribution in [2.24, 2.45) is 5.92 Å². The zero-order valence-electron chi connectivity index (χ0n) is 13.1. The second-order valence-corrected chi connectivity index (χ2v) is 6.69. The van der Waals surface area contributed by atoms with Crippen LogP contribution in [0.2, 0.25) is 5.02 Å². The molecule has 0 radical (unpaired) electrons. The Morgan fingerprint density at radius 2 is 1.75 bits per heavy atom. The van der Waals surface area contributed by atoms with Gasteiger partial charge in [0.1, 0.15) is 0 Å². The zero-order chi connectivity index (χ0) is 15.7. The second kappa shape index (κ2) is 8.95. The van der Waals surface area contributed by atoms with Crippen LogP contribution in [0.15, 0.2) is 18.2 Å². The third kappa shape index (κ3) is 5.67. The Morgan fingerprint density at radius 3 is 2.29 bits per heavy atom. The van der Waals surface area contributed by atoms with Crippen LogP contribution in [0.25, 0.3) is 0 Å². The fourth-order valence-electron chi connectivity index (χ4n) is 3.13. The van der Waals surface area contributed by atoms with Gasteiger partial charge in [-0.1, -0.05) is 24.4 Å². The van der Waals surface area contributed by atoms with Crippen LogP contribution in [0.4, 0.5) is 13.2 Å². The van der Waals surface area contributed by atoms with Gasteiger partial charge in [0.2, 0.25) is 0 Å². The highest BCUT2D eigenvalue weighted by atomic mass is 35.5. The summed E-state index contributed by atoms with van der Waals surface area (Å²) >= 11 is 5.96. The van der Waals surface area contributed by atoms with Crippen molar-refractivity contribution in [2.75, 3.05) is 26.2 Å². The summed E-state index contributed by atoms with van der Waals surface area (Å²) < 4.78 is 39.1. The summed E-state index contributed by atoms with van der Waals surface area (Å²) in [5, 5.41) is 3.46. The molecule has 2 fully saturated rings. The number of nitrogens with one attached hydrogen (secondary N) is 1. The zero-order valence-corrected chi connectivity index (χ0v) is 15.5. The van der Waals surface area contributed by atoms with Gasteiger partial charge in [0, 0.05) is 37.2 Å². The van der Waals surface area contributed by atoms with Gasteiger partial charge in [0.15, 0.2) is 0 Å². The Hall–Kier alpha value is -0.200. The highest BCUT2D eigenvalue weighted by Gasteiger charge is 2.34. The average Bonchev–Trinajstić information content (AvgIpc) is 3.28. The summed E-state index contributed by atoms with van der Waals surface area (Å²) in [6.45, 7) is 3.50. The first-order chi connectivity index (χ1) is 10.4. The first kappa shape index (κ1) is 21.8. The van der Waals surface area contributed by atoms with E-state index in [0.717, 1.165) is 38.7 Å². The van der Waals surface area contributed by atoms with E-state index < -0.39 is 11.7 Å². The topological polar surface area (TPSA) is 15.3 Å². The van der Waals surface area contributed by atoms with Crippen molar-refractivity contribution in [1.82, 2.24) is 10.2 Å². The molecule has 138 valence electrons. The smallest absolute Gasteiger partial charge is 0.314 e. The molecular weight excluding hydrogens is 384 g/mol. The van der Waals surface area contributed by atoms with E-state index in [4.69, 9.17) is 11.6 Å². The lowest BCUT2D eigenvalue weighted by Gasteiger charge is -2.35. The van der Waals surface area contributed by atoms with Gasteiger partial charge in [0.05, 0.1) is 5.56 Å². The summed E-state index contributed by atoms with van der Waals surface area (Å²) in [7, 11) is 0. The van der Waals surface area contributed by atoms with E-state index >= 15 is 0 Å². The number of benzene rings is 1. The first-order valence-corrected chi connectivity index (χ1v) is 8.14. The number of piperazine rings is 1. The average molecular weight is 406 g/mol. The van der Waals surface area contributed by atoms with Crippen molar-refractivity contribution in [2.45, 2.75) is 31.5 Å². The summed E-state index contributed by atoms with van der Waals surface area (Å²) in [4.78, 5) is 2.29. The Kier molecular flexibility index (Phi) is 8.14. The number of hydrogen-bond donors (Lipinski definition) is 1. The Bertz CT molecular complexity index is 530. The predicted octanol–water partition coefficient (Wildman–Crippen LogP) is 4.95. The van der Waals surface area contributed by atoms with E-state index in [1.54, 1.807) is 6.07 Å². The quantitative estimate of drug-likeness (QED) is 0.762. The molecule has 0 aromatic heterocycles. The number of hydrogen-bond acceptors (Lipinski definition) is 2. The molecule has 2 aliphatic rings. The summed E-state index contributed by atoms with van der Waals surface area (Å²) in [6, 6.07) is 4.03. The summed E-state index contributed by atoms with van der Waals surface area (Å²) in [5.74, 6) is 0.646. The Balaban J connectivity index is 0.00000144. The molecule has 24 heavy (non-hydrogen) atoms. The lowest BCUT2D eigenvalue weighted by Crippen LogP contribution is -2.45. The highest BCUT2D eigenvalue weighted by molar-refractivity contribution is 6.30. The molecule has 2 nitrogen and oxygen atoms in total. The van der Waals surface area contributed by atoms with Crippen LogP contribution in [-0.4, -0.2) is 31.1 Å². The fourth-order valence-corrected chi connectivity index (χ4v) is 3.37. The standard InChI is InChI=1S/C16H20ClF3N2.2ClH/c17-14-9-12(8-13(10-14)16(18,19)20)15(7-11-1-2-11)22-5-3-21-4-6-22;;/h8-11,15,21H,1-7H2;2*1H/t15-;;/m1../s1. The van der Waals surface area contributed by atoms with Gasteiger partial charge in [-0.25, -0.2) is 0 Å². The van der Waals surface area contributed by atoms with Gasteiger partial charge in [-0.3, -0.25) is 4.90 Å². The van der Waals surface area contributed by atoms with Crippen LogP contribution in [0.1, 0.15) is 36.4 Å². The van der Waals surface area contributed by atoms with Crippen molar-refractivity contribution in [1.29, 1.82) is 0 Å². The maximum Gasteiger partial charge on any atom is 0.416 e. The van der Waals surface area contributed by atoms with Crippen LogP contribution in [-0.2, 0) is 6.18 Å². The molecule has 0 amide bonds. The molecule has 1 saturated carbocycles. The van der Waals surface area contributed by atoms with E-state index in [9.17, 15) is 13.2 Å². The van der Waals surface area contributed by atoms with Gasteiger partial charge >= 0.3 is 6.18 Å². The van der Waals surface area contributed by atoms with Crippen LogP contribution in [0.3, 0.4) is 0 Å². The number of nitrogens with zero attached hydrogens (tertiary/aromatic N) is 1. The maximum atomic E-state index is 13.0. The molecule has 1 saturated heterocycles. The van der Waals surface area contributed by atoms with Crippen molar-refractivity contribution in [3.05, 3.63) is 34.3 Å². The van der Waals surface area contributed by atoms with Crippen LogP contribution in [0.5, 0.6) is 0 Å². The molecule has 1 aromatic carbocycles. The first-order valence-electron chi connectivity index (χ1n) is 7.76. The minimum Gasteiger partial charge on any atom is -0.314 e. The van der Waals surface area contributed by atoms with Crippen LogP contribution >= 0.6 is 36.4 Å². The van der Waals surface area contributed by atoms with Crippen molar-refractivity contribution in [3.8, 4) is 0 Å². The van der Waals surface area contributed by atoms with E-state index in [0.29, 0.717) is 11.5 Å². The van der Waals surface area contributed by atoms with E-state index in [2.05, 4.69) is 10.2 Å².